The molecule has 0 unspecified atom stereocenters. The number of benzene rings is 1. The maximum Gasteiger partial charge on any atom is 0.0802 e. The van der Waals surface area contributed by atoms with Crippen LogP contribution in [0.3, 0.4) is 0 Å². The first-order valence-electron chi connectivity index (χ1n) is 5.85. The normalized spacial score (nSPS) is 17.8. The van der Waals surface area contributed by atoms with Crippen LogP contribution < -0.4 is 5.32 Å². The van der Waals surface area contributed by atoms with Gasteiger partial charge in [0, 0.05) is 29.7 Å². The molecule has 0 aliphatic heterocycles. The quantitative estimate of drug-likeness (QED) is 0.892. The monoisotopic (exact) mass is 317 g/mol. The zero-order chi connectivity index (χ0) is 12.3. The second kappa shape index (κ2) is 5.70. The molecule has 0 bridgehead atoms. The molecule has 1 aliphatic rings. The van der Waals surface area contributed by atoms with Gasteiger partial charge in [-0.15, -0.1) is 0 Å². The first-order valence-corrected chi connectivity index (χ1v) is 7.02. The lowest BCUT2D eigenvalue weighted by Crippen LogP contribution is -2.47. The Bertz CT molecular complexity index is 387. The van der Waals surface area contributed by atoms with E-state index in [9.17, 15) is 0 Å². The molecule has 1 saturated carbocycles. The van der Waals surface area contributed by atoms with Gasteiger partial charge in [-0.3, -0.25) is 0 Å². The summed E-state index contributed by atoms with van der Waals surface area (Å²) in [6, 6.07) is 5.88. The fourth-order valence-corrected chi connectivity index (χ4v) is 2.94. The highest BCUT2D eigenvalue weighted by atomic mass is 79.9. The van der Waals surface area contributed by atoms with Crippen LogP contribution in [0.5, 0.6) is 0 Å². The molecule has 0 atom stereocenters. The van der Waals surface area contributed by atoms with Crippen LogP contribution in [-0.4, -0.2) is 19.3 Å². The third-order valence-corrected chi connectivity index (χ3v) is 4.45. The van der Waals surface area contributed by atoms with E-state index in [4.69, 9.17) is 16.3 Å². The molecule has 0 radical (unpaired) electrons. The fraction of sp³-hybridized carbons (Fsp3) is 0.538. The van der Waals surface area contributed by atoms with Gasteiger partial charge < -0.3 is 10.1 Å². The summed E-state index contributed by atoms with van der Waals surface area (Å²) in [6.45, 7) is 1.75. The molecule has 0 heterocycles. The molecule has 1 fully saturated rings. The topological polar surface area (TPSA) is 21.3 Å². The smallest absolute Gasteiger partial charge is 0.0802 e. The van der Waals surface area contributed by atoms with Gasteiger partial charge in [0.2, 0.25) is 0 Å². The van der Waals surface area contributed by atoms with Gasteiger partial charge in [-0.1, -0.05) is 33.6 Å². The van der Waals surface area contributed by atoms with E-state index in [1.54, 1.807) is 7.11 Å². The van der Waals surface area contributed by atoms with Crippen LogP contribution in [0, 0.1) is 0 Å². The number of hydrogen-bond donors (Lipinski definition) is 1. The first-order chi connectivity index (χ1) is 8.15. The lowest BCUT2D eigenvalue weighted by molar-refractivity contribution is -0.0695. The second-order valence-corrected chi connectivity index (χ2v) is 5.87. The van der Waals surface area contributed by atoms with E-state index >= 15 is 0 Å². The van der Waals surface area contributed by atoms with Gasteiger partial charge in [-0.05, 0) is 37.0 Å². The minimum Gasteiger partial charge on any atom is -0.377 e. The van der Waals surface area contributed by atoms with Crippen LogP contribution in [-0.2, 0) is 11.3 Å². The predicted octanol–water partition coefficient (Wildman–Crippen LogP) is 3.76. The van der Waals surface area contributed by atoms with Crippen molar-refractivity contribution >= 4 is 27.5 Å². The molecule has 0 amide bonds. The van der Waals surface area contributed by atoms with Crippen molar-refractivity contribution in [1.29, 1.82) is 0 Å². The summed E-state index contributed by atoms with van der Waals surface area (Å²) in [4.78, 5) is 0. The Morgan fingerprint density at radius 2 is 2.24 bits per heavy atom. The van der Waals surface area contributed by atoms with Gasteiger partial charge in [0.1, 0.15) is 0 Å². The number of nitrogens with one attached hydrogen (secondary N) is 1. The molecule has 1 aromatic carbocycles. The van der Waals surface area contributed by atoms with Gasteiger partial charge >= 0.3 is 0 Å². The van der Waals surface area contributed by atoms with Crippen molar-refractivity contribution in [2.45, 2.75) is 31.4 Å². The second-order valence-electron chi connectivity index (χ2n) is 4.58. The van der Waals surface area contributed by atoms with Crippen LogP contribution in [0.4, 0.5) is 0 Å². The zero-order valence-corrected chi connectivity index (χ0v) is 12.3. The lowest BCUT2D eigenvalue weighted by atomic mass is 9.80. The van der Waals surface area contributed by atoms with E-state index < -0.39 is 0 Å². The molecule has 17 heavy (non-hydrogen) atoms. The number of ether oxygens (including phenoxy) is 1. The van der Waals surface area contributed by atoms with Gasteiger partial charge in [0.15, 0.2) is 0 Å². The van der Waals surface area contributed by atoms with Gasteiger partial charge in [-0.2, -0.15) is 0 Å². The molecule has 94 valence electrons. The average molecular weight is 319 g/mol. The largest absolute Gasteiger partial charge is 0.377 e. The molecule has 0 saturated heterocycles. The molecular weight excluding hydrogens is 302 g/mol. The van der Waals surface area contributed by atoms with Gasteiger partial charge in [0.25, 0.3) is 0 Å². The summed E-state index contributed by atoms with van der Waals surface area (Å²) in [7, 11) is 1.80. The number of rotatable bonds is 5. The Kier molecular flexibility index (Phi) is 4.47. The molecule has 1 aromatic rings. The molecule has 0 aromatic heterocycles. The Morgan fingerprint density at radius 3 is 2.76 bits per heavy atom. The molecular formula is C13H17BrClNO. The Balaban J connectivity index is 1.85. The SMILES string of the molecule is COC1(CNCc2ccc(Cl)cc2Br)CCC1. The molecule has 1 N–H and O–H groups in total. The standard InChI is InChI=1S/C13H17BrClNO/c1-17-13(5-2-6-13)9-16-8-10-3-4-11(15)7-12(10)14/h3-4,7,16H,2,5-6,8-9H2,1H3. The minimum atomic E-state index is 0.0822. The number of halogens is 2. The van der Waals surface area contributed by atoms with E-state index in [1.807, 2.05) is 18.2 Å². The maximum atomic E-state index is 5.91. The Morgan fingerprint density at radius 1 is 1.47 bits per heavy atom. The maximum absolute atomic E-state index is 5.91. The Hall–Kier alpha value is -0.0900. The molecule has 1 aliphatic carbocycles. The number of methoxy groups -OCH3 is 1. The summed E-state index contributed by atoms with van der Waals surface area (Å²) >= 11 is 9.43. The van der Waals surface area contributed by atoms with E-state index in [0.29, 0.717) is 0 Å². The minimum absolute atomic E-state index is 0.0822. The molecule has 0 spiro atoms. The third kappa shape index (κ3) is 3.22. The summed E-state index contributed by atoms with van der Waals surface area (Å²) in [5.74, 6) is 0. The van der Waals surface area contributed by atoms with Crippen molar-refractivity contribution < 1.29 is 4.74 Å². The third-order valence-electron chi connectivity index (χ3n) is 3.48. The molecule has 4 heteroatoms. The van der Waals surface area contributed by atoms with Crippen molar-refractivity contribution in [2.24, 2.45) is 0 Å². The van der Waals surface area contributed by atoms with E-state index in [0.717, 1.165) is 35.4 Å². The average Bonchev–Trinajstić information content (AvgIpc) is 2.25. The van der Waals surface area contributed by atoms with Crippen molar-refractivity contribution in [3.8, 4) is 0 Å². The van der Waals surface area contributed by atoms with E-state index in [2.05, 4.69) is 21.2 Å². The van der Waals surface area contributed by atoms with Crippen molar-refractivity contribution in [3.05, 3.63) is 33.3 Å². The van der Waals surface area contributed by atoms with Crippen LogP contribution in [0.1, 0.15) is 24.8 Å². The van der Waals surface area contributed by atoms with Crippen molar-refractivity contribution in [1.82, 2.24) is 5.32 Å². The zero-order valence-electron chi connectivity index (χ0n) is 9.93. The highest BCUT2D eigenvalue weighted by molar-refractivity contribution is 9.10. The highest BCUT2D eigenvalue weighted by Gasteiger charge is 2.36. The lowest BCUT2D eigenvalue weighted by Gasteiger charge is -2.40. The van der Waals surface area contributed by atoms with E-state index in [1.165, 1.54) is 12.0 Å². The van der Waals surface area contributed by atoms with Crippen molar-refractivity contribution in [2.75, 3.05) is 13.7 Å². The van der Waals surface area contributed by atoms with Gasteiger partial charge in [0.05, 0.1) is 5.60 Å². The van der Waals surface area contributed by atoms with Gasteiger partial charge in [-0.25, -0.2) is 0 Å². The molecule has 2 rings (SSSR count). The van der Waals surface area contributed by atoms with Crippen LogP contribution >= 0.6 is 27.5 Å². The van der Waals surface area contributed by atoms with E-state index in [-0.39, 0.29) is 5.60 Å². The highest BCUT2D eigenvalue weighted by Crippen LogP contribution is 2.34. The summed E-state index contributed by atoms with van der Waals surface area (Å²) in [6.07, 6.45) is 3.61. The van der Waals surface area contributed by atoms with Crippen LogP contribution in [0.2, 0.25) is 5.02 Å². The summed E-state index contributed by atoms with van der Waals surface area (Å²) < 4.78 is 6.62. The van der Waals surface area contributed by atoms with Crippen LogP contribution in [0.25, 0.3) is 0 Å². The van der Waals surface area contributed by atoms with Crippen LogP contribution in [0.15, 0.2) is 22.7 Å². The summed E-state index contributed by atoms with van der Waals surface area (Å²) in [5, 5.41) is 4.21. The molecule has 2 nitrogen and oxygen atoms in total. The first kappa shape index (κ1) is 13.3. The Labute approximate surface area is 116 Å². The summed E-state index contributed by atoms with van der Waals surface area (Å²) in [5.41, 5.74) is 1.30. The van der Waals surface area contributed by atoms with Crippen molar-refractivity contribution in [3.63, 3.8) is 0 Å². The fourth-order valence-electron chi connectivity index (χ4n) is 2.11. The number of hydrogen-bond acceptors (Lipinski definition) is 2. The predicted molar refractivity (Wildman–Crippen MR) is 74.4 cm³/mol.